The maximum Gasteiger partial charge on any atom is 0.251 e. The van der Waals surface area contributed by atoms with Gasteiger partial charge in [0.2, 0.25) is 5.91 Å². The Morgan fingerprint density at radius 3 is 2.41 bits per heavy atom. The number of hydrogen-bond acceptors (Lipinski definition) is 4. The Hall–Kier alpha value is -1.95. The van der Waals surface area contributed by atoms with E-state index in [1.165, 1.54) is 37.0 Å². The molecule has 0 radical (unpaired) electrons. The number of hydrogen-bond donors (Lipinski definition) is 2. The third-order valence-corrected chi connectivity index (χ3v) is 6.73. The molecule has 2 fully saturated rings. The average Bonchev–Trinajstić information content (AvgIpc) is 3.10. The lowest BCUT2D eigenvalue weighted by Gasteiger charge is -2.22. The number of amides is 2. The Kier molecular flexibility index (Phi) is 5.72. The number of carbonyl (C=O) groups excluding carboxylic acids is 2. The lowest BCUT2D eigenvalue weighted by molar-refractivity contribution is -0.120. The van der Waals surface area contributed by atoms with Crippen LogP contribution in [0.5, 0.6) is 0 Å². The predicted octanol–water partition coefficient (Wildman–Crippen LogP) is 4.88. The van der Waals surface area contributed by atoms with Gasteiger partial charge in [0.25, 0.3) is 5.91 Å². The van der Waals surface area contributed by atoms with E-state index in [0.29, 0.717) is 16.7 Å². The predicted molar refractivity (Wildman–Crippen MR) is 109 cm³/mol. The van der Waals surface area contributed by atoms with Gasteiger partial charge in [0.1, 0.15) is 0 Å². The van der Waals surface area contributed by atoms with Crippen LogP contribution in [-0.2, 0) is 4.79 Å². The van der Waals surface area contributed by atoms with Gasteiger partial charge in [-0.1, -0.05) is 49.9 Å². The summed E-state index contributed by atoms with van der Waals surface area (Å²) in [6.45, 7) is 0. The SMILES string of the molecule is O=C(NC1CCCCC1)c1ccc2nc(NC(=O)C3CCCCC3)sc2c1. The summed E-state index contributed by atoms with van der Waals surface area (Å²) in [5, 5.41) is 6.77. The minimum Gasteiger partial charge on any atom is -0.349 e. The normalized spacial score (nSPS) is 19.1. The number of benzene rings is 1. The van der Waals surface area contributed by atoms with Crippen molar-refractivity contribution in [3.8, 4) is 0 Å². The zero-order valence-electron chi connectivity index (χ0n) is 15.6. The zero-order chi connectivity index (χ0) is 18.6. The number of nitrogens with one attached hydrogen (secondary N) is 2. The van der Waals surface area contributed by atoms with E-state index in [2.05, 4.69) is 15.6 Å². The molecule has 6 heteroatoms. The van der Waals surface area contributed by atoms with Crippen LogP contribution in [0.15, 0.2) is 18.2 Å². The molecule has 1 heterocycles. The largest absolute Gasteiger partial charge is 0.349 e. The number of carbonyl (C=O) groups is 2. The van der Waals surface area contributed by atoms with Crippen molar-refractivity contribution in [2.45, 2.75) is 70.3 Å². The number of fused-ring (bicyclic) bond motifs is 1. The van der Waals surface area contributed by atoms with Crippen LogP contribution in [0.2, 0.25) is 0 Å². The summed E-state index contributed by atoms with van der Waals surface area (Å²) in [6, 6.07) is 5.89. The topological polar surface area (TPSA) is 71.1 Å². The standard InChI is InChI=1S/C21H27N3O2S/c25-19(14-7-3-1-4-8-14)24-21-23-17-12-11-15(13-18(17)27-21)20(26)22-16-9-5-2-6-10-16/h11-14,16H,1-10H2,(H,22,26)(H,23,24,25). The first kappa shape index (κ1) is 18.4. The first-order valence-electron chi connectivity index (χ1n) is 10.2. The Labute approximate surface area is 163 Å². The number of aromatic nitrogens is 1. The minimum atomic E-state index is -0.00927. The lowest BCUT2D eigenvalue weighted by Crippen LogP contribution is -2.36. The smallest absolute Gasteiger partial charge is 0.251 e. The van der Waals surface area contributed by atoms with E-state index in [4.69, 9.17) is 0 Å². The van der Waals surface area contributed by atoms with Crippen LogP contribution < -0.4 is 10.6 Å². The van der Waals surface area contributed by atoms with Crippen molar-refractivity contribution < 1.29 is 9.59 Å². The highest BCUT2D eigenvalue weighted by Gasteiger charge is 2.22. The van der Waals surface area contributed by atoms with Gasteiger partial charge in [0, 0.05) is 17.5 Å². The van der Waals surface area contributed by atoms with E-state index in [1.54, 1.807) is 0 Å². The molecule has 144 valence electrons. The second-order valence-electron chi connectivity index (χ2n) is 7.83. The monoisotopic (exact) mass is 385 g/mol. The molecular weight excluding hydrogens is 358 g/mol. The van der Waals surface area contributed by atoms with Gasteiger partial charge < -0.3 is 10.6 Å². The molecule has 0 unspecified atom stereocenters. The van der Waals surface area contributed by atoms with Crippen molar-refractivity contribution in [2.24, 2.45) is 5.92 Å². The third kappa shape index (κ3) is 4.49. The van der Waals surface area contributed by atoms with Gasteiger partial charge in [-0.15, -0.1) is 0 Å². The Bertz CT molecular complexity index is 820. The molecule has 2 aliphatic rings. The van der Waals surface area contributed by atoms with Crippen molar-refractivity contribution in [1.29, 1.82) is 0 Å². The highest BCUT2D eigenvalue weighted by Crippen LogP contribution is 2.29. The van der Waals surface area contributed by atoms with Gasteiger partial charge in [0.05, 0.1) is 10.2 Å². The molecule has 27 heavy (non-hydrogen) atoms. The molecule has 2 aromatic rings. The molecule has 0 spiro atoms. The van der Waals surface area contributed by atoms with Crippen LogP contribution in [0, 0.1) is 5.92 Å². The molecule has 2 N–H and O–H groups in total. The fourth-order valence-electron chi connectivity index (χ4n) is 4.21. The number of nitrogens with zero attached hydrogens (tertiary/aromatic N) is 1. The molecule has 1 aromatic carbocycles. The maximum absolute atomic E-state index is 12.6. The van der Waals surface area contributed by atoms with Gasteiger partial charge in [0.15, 0.2) is 5.13 Å². The van der Waals surface area contributed by atoms with Crippen LogP contribution in [0.3, 0.4) is 0 Å². The van der Waals surface area contributed by atoms with Crippen LogP contribution in [0.1, 0.15) is 74.6 Å². The molecule has 4 rings (SSSR count). The summed E-state index contributed by atoms with van der Waals surface area (Å²) >= 11 is 1.44. The second kappa shape index (κ2) is 8.38. The Balaban J connectivity index is 1.43. The summed E-state index contributed by atoms with van der Waals surface area (Å²) in [5.41, 5.74) is 1.50. The molecule has 2 aliphatic carbocycles. The quantitative estimate of drug-likeness (QED) is 0.788. The van der Waals surface area contributed by atoms with Crippen molar-refractivity contribution in [3.05, 3.63) is 23.8 Å². The molecule has 2 saturated carbocycles. The maximum atomic E-state index is 12.6. The number of anilines is 1. The highest BCUT2D eigenvalue weighted by molar-refractivity contribution is 7.22. The van der Waals surface area contributed by atoms with Gasteiger partial charge in [-0.3, -0.25) is 9.59 Å². The van der Waals surface area contributed by atoms with Crippen LogP contribution in [0.25, 0.3) is 10.2 Å². The van der Waals surface area contributed by atoms with Crippen molar-refractivity contribution in [3.63, 3.8) is 0 Å². The third-order valence-electron chi connectivity index (χ3n) is 5.80. The summed E-state index contributed by atoms with van der Waals surface area (Å²) in [4.78, 5) is 29.5. The van der Waals surface area contributed by atoms with Crippen LogP contribution >= 0.6 is 11.3 Å². The molecule has 5 nitrogen and oxygen atoms in total. The first-order chi connectivity index (χ1) is 13.2. The van der Waals surface area contributed by atoms with E-state index in [1.807, 2.05) is 18.2 Å². The van der Waals surface area contributed by atoms with Crippen molar-refractivity contribution in [1.82, 2.24) is 10.3 Å². The van der Waals surface area contributed by atoms with Crippen LogP contribution in [-0.4, -0.2) is 22.8 Å². The van der Waals surface area contributed by atoms with Gasteiger partial charge in [-0.2, -0.15) is 0 Å². The Morgan fingerprint density at radius 2 is 1.67 bits per heavy atom. The van der Waals surface area contributed by atoms with E-state index in [0.717, 1.165) is 48.7 Å². The first-order valence-corrected chi connectivity index (χ1v) is 11.0. The highest BCUT2D eigenvalue weighted by atomic mass is 32.1. The molecule has 0 aliphatic heterocycles. The Morgan fingerprint density at radius 1 is 0.963 bits per heavy atom. The fraction of sp³-hybridized carbons (Fsp3) is 0.571. The van der Waals surface area contributed by atoms with Gasteiger partial charge in [-0.05, 0) is 43.9 Å². The van der Waals surface area contributed by atoms with Crippen molar-refractivity contribution >= 4 is 38.5 Å². The molecule has 0 atom stereocenters. The molecule has 2 amide bonds. The van der Waals surface area contributed by atoms with E-state index < -0.39 is 0 Å². The fourth-order valence-corrected chi connectivity index (χ4v) is 5.12. The summed E-state index contributed by atoms with van der Waals surface area (Å²) in [6.07, 6.45) is 11.3. The number of thiazole rings is 1. The van der Waals surface area contributed by atoms with Gasteiger partial charge in [-0.25, -0.2) is 4.98 Å². The molecule has 0 saturated heterocycles. The molecular formula is C21H27N3O2S. The average molecular weight is 386 g/mol. The minimum absolute atomic E-state index is 0.00927. The zero-order valence-corrected chi connectivity index (χ0v) is 16.4. The summed E-state index contributed by atoms with van der Waals surface area (Å²) in [7, 11) is 0. The van der Waals surface area contributed by atoms with Crippen molar-refractivity contribution in [2.75, 3.05) is 5.32 Å². The molecule has 0 bridgehead atoms. The number of rotatable bonds is 4. The van der Waals surface area contributed by atoms with E-state index in [9.17, 15) is 9.59 Å². The summed E-state index contributed by atoms with van der Waals surface area (Å²) in [5.74, 6) is 0.191. The van der Waals surface area contributed by atoms with Gasteiger partial charge >= 0.3 is 0 Å². The van der Waals surface area contributed by atoms with E-state index >= 15 is 0 Å². The second-order valence-corrected chi connectivity index (χ2v) is 8.86. The summed E-state index contributed by atoms with van der Waals surface area (Å²) < 4.78 is 0.935. The lowest BCUT2D eigenvalue weighted by atomic mass is 9.89. The van der Waals surface area contributed by atoms with E-state index in [-0.39, 0.29) is 17.7 Å². The molecule has 1 aromatic heterocycles. The van der Waals surface area contributed by atoms with Crippen LogP contribution in [0.4, 0.5) is 5.13 Å².